The van der Waals surface area contributed by atoms with Gasteiger partial charge in [-0.05, 0) is 66.1 Å². The van der Waals surface area contributed by atoms with Gasteiger partial charge in [-0.15, -0.1) is 0 Å². The van der Waals surface area contributed by atoms with Gasteiger partial charge in [-0.25, -0.2) is 0 Å². The number of amides is 1. The molecule has 0 aromatic carbocycles. The molecule has 2 saturated heterocycles. The summed E-state index contributed by atoms with van der Waals surface area (Å²) in [5, 5.41) is 13.4. The van der Waals surface area contributed by atoms with E-state index in [4.69, 9.17) is 0 Å². The molecule has 21 heavy (non-hydrogen) atoms. The second-order valence-electron chi connectivity index (χ2n) is 7.04. The van der Waals surface area contributed by atoms with Crippen LogP contribution in [0.2, 0.25) is 0 Å². The van der Waals surface area contributed by atoms with Crippen LogP contribution < -0.4 is 5.32 Å². The number of nitrogens with zero attached hydrogens (tertiary/aromatic N) is 2. The van der Waals surface area contributed by atoms with Crippen LogP contribution in [0.25, 0.3) is 0 Å². The van der Waals surface area contributed by atoms with Crippen LogP contribution in [0.1, 0.15) is 46.5 Å². The third-order valence-electron chi connectivity index (χ3n) is 4.63. The van der Waals surface area contributed by atoms with E-state index in [9.17, 15) is 9.90 Å². The van der Waals surface area contributed by atoms with Gasteiger partial charge in [0.2, 0.25) is 5.91 Å². The van der Waals surface area contributed by atoms with E-state index < -0.39 is 5.60 Å². The largest absolute Gasteiger partial charge is 0.389 e. The van der Waals surface area contributed by atoms with Gasteiger partial charge in [0.1, 0.15) is 0 Å². The third-order valence-corrected chi connectivity index (χ3v) is 4.63. The number of rotatable bonds is 5. The molecule has 122 valence electrons. The Bertz CT molecular complexity index is 348. The van der Waals surface area contributed by atoms with Crippen LogP contribution in [-0.2, 0) is 4.79 Å². The molecule has 2 aliphatic heterocycles. The average molecular weight is 297 g/mol. The summed E-state index contributed by atoms with van der Waals surface area (Å²) in [5.74, 6) is 0.204. The van der Waals surface area contributed by atoms with E-state index in [0.717, 1.165) is 45.3 Å². The van der Waals surface area contributed by atoms with E-state index in [1.54, 1.807) is 13.8 Å². The molecule has 2 rings (SSSR count). The van der Waals surface area contributed by atoms with Crippen LogP contribution in [0.4, 0.5) is 0 Å². The number of carbonyl (C=O) groups excluding carboxylic acids is 1. The van der Waals surface area contributed by atoms with Gasteiger partial charge in [-0.3, -0.25) is 9.69 Å². The lowest BCUT2D eigenvalue weighted by molar-refractivity contribution is -0.139. The van der Waals surface area contributed by atoms with Gasteiger partial charge in [0, 0.05) is 19.1 Å². The molecular formula is C16H31N3O2. The van der Waals surface area contributed by atoms with Gasteiger partial charge in [-0.1, -0.05) is 0 Å². The second-order valence-corrected chi connectivity index (χ2v) is 7.04. The summed E-state index contributed by atoms with van der Waals surface area (Å²) in [6, 6.07) is 0.568. The summed E-state index contributed by atoms with van der Waals surface area (Å²) in [7, 11) is 0. The van der Waals surface area contributed by atoms with E-state index in [1.165, 1.54) is 0 Å². The molecule has 0 spiro atoms. The van der Waals surface area contributed by atoms with Gasteiger partial charge >= 0.3 is 0 Å². The zero-order valence-corrected chi connectivity index (χ0v) is 13.8. The third kappa shape index (κ3) is 4.41. The fraction of sp³-hybridized carbons (Fsp3) is 0.938. The molecule has 0 radical (unpaired) electrons. The van der Waals surface area contributed by atoms with Crippen molar-refractivity contribution in [2.24, 2.45) is 0 Å². The van der Waals surface area contributed by atoms with Crippen LogP contribution in [-0.4, -0.2) is 71.2 Å². The van der Waals surface area contributed by atoms with Crippen LogP contribution in [0.15, 0.2) is 0 Å². The highest BCUT2D eigenvalue weighted by Crippen LogP contribution is 2.26. The van der Waals surface area contributed by atoms with Crippen molar-refractivity contribution >= 4 is 5.91 Å². The first-order valence-electron chi connectivity index (χ1n) is 8.40. The van der Waals surface area contributed by atoms with E-state index in [-0.39, 0.29) is 11.9 Å². The number of likely N-dealkylation sites (N-methyl/N-ethyl adjacent to an activating group) is 1. The maximum absolute atomic E-state index is 12.9. The molecule has 0 saturated carbocycles. The monoisotopic (exact) mass is 297 g/mol. The number of carbonyl (C=O) groups is 1. The number of piperidine rings is 1. The molecule has 0 aromatic heterocycles. The molecule has 2 heterocycles. The average Bonchev–Trinajstić information content (AvgIpc) is 2.93. The first-order valence-corrected chi connectivity index (χ1v) is 8.40. The molecule has 0 bridgehead atoms. The number of hydrogen-bond donors (Lipinski definition) is 2. The Kier molecular flexibility index (Phi) is 5.63. The minimum atomic E-state index is -0.830. The first kappa shape index (κ1) is 16.7. The molecule has 0 aromatic rings. The lowest BCUT2D eigenvalue weighted by Gasteiger charge is -2.38. The SMILES string of the molecule is CCN(CC(C)(C)O)C(=O)C1CCCN1C1CCNCC1. The molecule has 5 heteroatoms. The number of nitrogens with one attached hydrogen (secondary N) is 1. The summed E-state index contributed by atoms with van der Waals surface area (Å²) < 4.78 is 0. The molecular weight excluding hydrogens is 266 g/mol. The fourth-order valence-corrected chi connectivity index (χ4v) is 3.65. The molecule has 0 aliphatic carbocycles. The number of hydrogen-bond acceptors (Lipinski definition) is 4. The van der Waals surface area contributed by atoms with Crippen LogP contribution in [0.3, 0.4) is 0 Å². The molecule has 1 unspecified atom stereocenters. The Morgan fingerprint density at radius 1 is 1.33 bits per heavy atom. The maximum Gasteiger partial charge on any atom is 0.240 e. The Morgan fingerprint density at radius 2 is 2.00 bits per heavy atom. The predicted octanol–water partition coefficient (Wildman–Crippen LogP) is 0.822. The summed E-state index contributed by atoms with van der Waals surface area (Å²) >= 11 is 0. The van der Waals surface area contributed by atoms with Crippen molar-refractivity contribution in [1.29, 1.82) is 0 Å². The topological polar surface area (TPSA) is 55.8 Å². The zero-order valence-electron chi connectivity index (χ0n) is 13.8. The molecule has 2 N–H and O–H groups in total. The molecule has 1 amide bonds. The van der Waals surface area contributed by atoms with E-state index in [2.05, 4.69) is 10.2 Å². The van der Waals surface area contributed by atoms with Crippen LogP contribution in [0.5, 0.6) is 0 Å². The van der Waals surface area contributed by atoms with Crippen molar-refractivity contribution in [3.8, 4) is 0 Å². The van der Waals surface area contributed by atoms with E-state index in [1.807, 2.05) is 11.8 Å². The van der Waals surface area contributed by atoms with Gasteiger partial charge in [0.25, 0.3) is 0 Å². The smallest absolute Gasteiger partial charge is 0.240 e. The van der Waals surface area contributed by atoms with Crippen molar-refractivity contribution in [3.05, 3.63) is 0 Å². The summed E-state index contributed by atoms with van der Waals surface area (Å²) in [5.41, 5.74) is -0.830. The van der Waals surface area contributed by atoms with E-state index >= 15 is 0 Å². The van der Waals surface area contributed by atoms with Crippen molar-refractivity contribution in [1.82, 2.24) is 15.1 Å². The minimum absolute atomic E-state index is 0.0235. The minimum Gasteiger partial charge on any atom is -0.389 e. The van der Waals surface area contributed by atoms with Crippen molar-refractivity contribution in [2.45, 2.75) is 64.1 Å². The van der Waals surface area contributed by atoms with Crippen LogP contribution in [0, 0.1) is 0 Å². The molecule has 2 fully saturated rings. The second kappa shape index (κ2) is 7.07. The van der Waals surface area contributed by atoms with Gasteiger partial charge in [0.15, 0.2) is 0 Å². The maximum atomic E-state index is 12.9. The highest BCUT2D eigenvalue weighted by Gasteiger charge is 2.38. The summed E-state index contributed by atoms with van der Waals surface area (Å²) in [6.45, 7) is 9.77. The normalized spacial score (nSPS) is 25.2. The lowest BCUT2D eigenvalue weighted by Crippen LogP contribution is -2.53. The van der Waals surface area contributed by atoms with Gasteiger partial charge in [0.05, 0.1) is 11.6 Å². The molecule has 2 aliphatic rings. The standard InChI is InChI=1S/C16H31N3O2/c1-4-18(12-16(2,3)21)15(20)14-6-5-11-19(14)13-7-9-17-10-8-13/h13-14,17,21H,4-12H2,1-3H3. The van der Waals surface area contributed by atoms with Crippen molar-refractivity contribution in [3.63, 3.8) is 0 Å². The van der Waals surface area contributed by atoms with E-state index in [0.29, 0.717) is 19.1 Å². The number of likely N-dealkylation sites (tertiary alicyclic amines) is 1. The molecule has 1 atom stereocenters. The highest BCUT2D eigenvalue weighted by molar-refractivity contribution is 5.82. The van der Waals surface area contributed by atoms with Crippen molar-refractivity contribution in [2.75, 3.05) is 32.7 Å². The van der Waals surface area contributed by atoms with Gasteiger partial charge in [-0.2, -0.15) is 0 Å². The Morgan fingerprint density at radius 3 is 2.57 bits per heavy atom. The zero-order chi connectivity index (χ0) is 15.5. The number of aliphatic hydroxyl groups is 1. The van der Waals surface area contributed by atoms with Crippen molar-refractivity contribution < 1.29 is 9.90 Å². The first-order chi connectivity index (χ1) is 9.92. The summed E-state index contributed by atoms with van der Waals surface area (Å²) in [6.07, 6.45) is 4.36. The lowest BCUT2D eigenvalue weighted by atomic mass is 10.0. The summed E-state index contributed by atoms with van der Waals surface area (Å²) in [4.78, 5) is 17.1. The predicted molar refractivity (Wildman–Crippen MR) is 84.2 cm³/mol. The van der Waals surface area contributed by atoms with Gasteiger partial charge < -0.3 is 15.3 Å². The molecule has 5 nitrogen and oxygen atoms in total. The quantitative estimate of drug-likeness (QED) is 0.789. The Labute approximate surface area is 128 Å². The Hall–Kier alpha value is -0.650. The highest BCUT2D eigenvalue weighted by atomic mass is 16.3. The fourth-order valence-electron chi connectivity index (χ4n) is 3.65. The Balaban J connectivity index is 2.01. The van der Waals surface area contributed by atoms with Crippen LogP contribution >= 0.6 is 0 Å².